The molecule has 0 spiro atoms. The zero-order valence-electron chi connectivity index (χ0n) is 9.09. The fraction of sp³-hybridized carbons (Fsp3) is 0.833. The summed E-state index contributed by atoms with van der Waals surface area (Å²) in [5.74, 6) is 3.45. The number of terminal acetylenes is 1. The van der Waals surface area contributed by atoms with Crippen LogP contribution >= 0.6 is 0 Å². The second-order valence-electron chi connectivity index (χ2n) is 4.00. The van der Waals surface area contributed by atoms with Gasteiger partial charge in [0.15, 0.2) is 0 Å². The van der Waals surface area contributed by atoms with Gasteiger partial charge in [-0.1, -0.05) is 19.3 Å². The predicted octanol–water partition coefficient (Wildman–Crippen LogP) is 1.80. The largest absolute Gasteiger partial charge is 0.381 e. The summed E-state index contributed by atoms with van der Waals surface area (Å²) in [5, 5.41) is 3.42. The van der Waals surface area contributed by atoms with Crippen LogP contribution < -0.4 is 5.32 Å². The zero-order chi connectivity index (χ0) is 10.2. The van der Waals surface area contributed by atoms with Gasteiger partial charge in [-0.05, 0) is 25.2 Å². The lowest BCUT2D eigenvalue weighted by Crippen LogP contribution is -2.35. The van der Waals surface area contributed by atoms with E-state index in [0.29, 0.717) is 5.92 Å². The Hall–Kier alpha value is -0.520. The highest BCUT2D eigenvalue weighted by atomic mass is 16.5. The Balaban J connectivity index is 2.14. The standard InChI is InChI=1S/C12H21NO/c1-3-6-12(4-2)13-9-11-7-5-8-14-10-11/h2,11-13H,3,5-10H2,1H3. The van der Waals surface area contributed by atoms with E-state index >= 15 is 0 Å². The number of nitrogens with one attached hydrogen (secondary N) is 1. The molecule has 2 nitrogen and oxygen atoms in total. The molecule has 1 saturated heterocycles. The van der Waals surface area contributed by atoms with Gasteiger partial charge in [0.25, 0.3) is 0 Å². The lowest BCUT2D eigenvalue weighted by Gasteiger charge is -2.23. The van der Waals surface area contributed by atoms with Crippen molar-refractivity contribution in [2.24, 2.45) is 5.92 Å². The van der Waals surface area contributed by atoms with Crippen LogP contribution in [0.15, 0.2) is 0 Å². The van der Waals surface area contributed by atoms with Crippen molar-refractivity contribution >= 4 is 0 Å². The van der Waals surface area contributed by atoms with Gasteiger partial charge in [0.1, 0.15) is 0 Å². The average molecular weight is 195 g/mol. The van der Waals surface area contributed by atoms with Gasteiger partial charge in [0, 0.05) is 13.2 Å². The number of rotatable bonds is 5. The Bertz CT molecular complexity index is 179. The fourth-order valence-corrected chi connectivity index (χ4v) is 1.81. The molecule has 1 rings (SSSR count). The van der Waals surface area contributed by atoms with Crippen LogP contribution in [-0.4, -0.2) is 25.8 Å². The fourth-order valence-electron chi connectivity index (χ4n) is 1.81. The summed E-state index contributed by atoms with van der Waals surface area (Å²) in [5.41, 5.74) is 0. The van der Waals surface area contributed by atoms with E-state index in [-0.39, 0.29) is 6.04 Å². The molecule has 2 atom stereocenters. The highest BCUT2D eigenvalue weighted by molar-refractivity contribution is 4.98. The molecule has 80 valence electrons. The number of hydrogen-bond acceptors (Lipinski definition) is 2. The molecule has 1 fully saturated rings. The van der Waals surface area contributed by atoms with Crippen molar-refractivity contribution in [2.75, 3.05) is 19.8 Å². The number of ether oxygens (including phenoxy) is 1. The molecule has 0 aromatic rings. The van der Waals surface area contributed by atoms with Crippen molar-refractivity contribution in [2.45, 2.75) is 38.6 Å². The summed E-state index contributed by atoms with van der Waals surface area (Å²) in [7, 11) is 0. The molecule has 0 saturated carbocycles. The zero-order valence-corrected chi connectivity index (χ0v) is 9.09. The Morgan fingerprint density at radius 2 is 2.50 bits per heavy atom. The Kier molecular flexibility index (Phi) is 5.66. The van der Waals surface area contributed by atoms with Crippen molar-refractivity contribution in [1.82, 2.24) is 5.32 Å². The molecule has 0 aliphatic carbocycles. The topological polar surface area (TPSA) is 21.3 Å². The maximum Gasteiger partial charge on any atom is 0.0686 e. The number of hydrogen-bond donors (Lipinski definition) is 1. The van der Waals surface area contributed by atoms with Crippen molar-refractivity contribution in [3.05, 3.63) is 0 Å². The normalized spacial score (nSPS) is 24.1. The van der Waals surface area contributed by atoms with Crippen LogP contribution in [0.1, 0.15) is 32.6 Å². The lowest BCUT2D eigenvalue weighted by molar-refractivity contribution is 0.0543. The first-order chi connectivity index (χ1) is 6.86. The molecule has 1 aliphatic heterocycles. The molecule has 1 heterocycles. The molecule has 0 aromatic heterocycles. The van der Waals surface area contributed by atoms with Crippen LogP contribution in [0.25, 0.3) is 0 Å². The second-order valence-corrected chi connectivity index (χ2v) is 4.00. The Morgan fingerprint density at radius 1 is 1.64 bits per heavy atom. The minimum absolute atomic E-state index is 0.252. The van der Waals surface area contributed by atoms with Gasteiger partial charge in [0.05, 0.1) is 12.6 Å². The van der Waals surface area contributed by atoms with Gasteiger partial charge in [-0.2, -0.15) is 0 Å². The molecule has 2 heteroatoms. The van der Waals surface area contributed by atoms with Crippen molar-refractivity contribution in [1.29, 1.82) is 0 Å². The summed E-state index contributed by atoms with van der Waals surface area (Å²) in [4.78, 5) is 0. The maximum atomic E-state index is 5.43. The van der Waals surface area contributed by atoms with Gasteiger partial charge in [-0.15, -0.1) is 6.42 Å². The molecule has 0 aromatic carbocycles. The van der Waals surface area contributed by atoms with Crippen LogP contribution in [0.4, 0.5) is 0 Å². The first-order valence-electron chi connectivity index (χ1n) is 5.64. The van der Waals surface area contributed by atoms with Gasteiger partial charge in [-0.25, -0.2) is 0 Å². The maximum absolute atomic E-state index is 5.43. The van der Waals surface area contributed by atoms with E-state index in [0.717, 1.165) is 32.6 Å². The van der Waals surface area contributed by atoms with E-state index in [1.54, 1.807) is 0 Å². The first-order valence-corrected chi connectivity index (χ1v) is 5.64. The summed E-state index contributed by atoms with van der Waals surface area (Å²) >= 11 is 0. The van der Waals surface area contributed by atoms with Gasteiger partial charge < -0.3 is 10.1 Å². The van der Waals surface area contributed by atoms with Crippen LogP contribution in [-0.2, 0) is 4.74 Å². The smallest absolute Gasteiger partial charge is 0.0686 e. The summed E-state index contributed by atoms with van der Waals surface area (Å²) in [6.45, 7) is 5.01. The van der Waals surface area contributed by atoms with Crippen molar-refractivity contribution in [3.63, 3.8) is 0 Å². The van der Waals surface area contributed by atoms with Crippen LogP contribution in [0.3, 0.4) is 0 Å². The van der Waals surface area contributed by atoms with E-state index in [1.807, 2.05) is 0 Å². The Labute approximate surface area is 87.4 Å². The molecule has 14 heavy (non-hydrogen) atoms. The van der Waals surface area contributed by atoms with E-state index in [4.69, 9.17) is 11.2 Å². The van der Waals surface area contributed by atoms with Crippen molar-refractivity contribution in [3.8, 4) is 12.3 Å². The third kappa shape index (κ3) is 4.13. The third-order valence-electron chi connectivity index (χ3n) is 2.69. The predicted molar refractivity (Wildman–Crippen MR) is 59.1 cm³/mol. The van der Waals surface area contributed by atoms with Crippen molar-refractivity contribution < 1.29 is 4.74 Å². The van der Waals surface area contributed by atoms with E-state index in [9.17, 15) is 0 Å². The highest BCUT2D eigenvalue weighted by Crippen LogP contribution is 2.12. The summed E-state index contributed by atoms with van der Waals surface area (Å²) in [6.07, 6.45) is 10.1. The minimum atomic E-state index is 0.252. The quantitative estimate of drug-likeness (QED) is 0.675. The van der Waals surface area contributed by atoms with E-state index in [2.05, 4.69) is 18.2 Å². The van der Waals surface area contributed by atoms with Crippen LogP contribution in [0.2, 0.25) is 0 Å². The van der Waals surface area contributed by atoms with E-state index < -0.39 is 0 Å². The molecule has 0 amide bonds. The van der Waals surface area contributed by atoms with Gasteiger partial charge in [-0.3, -0.25) is 0 Å². The van der Waals surface area contributed by atoms with Crippen LogP contribution in [0.5, 0.6) is 0 Å². The second kappa shape index (κ2) is 6.86. The monoisotopic (exact) mass is 195 g/mol. The van der Waals surface area contributed by atoms with Gasteiger partial charge >= 0.3 is 0 Å². The molecule has 0 radical (unpaired) electrons. The molecule has 0 bridgehead atoms. The van der Waals surface area contributed by atoms with Gasteiger partial charge in [0.2, 0.25) is 0 Å². The Morgan fingerprint density at radius 3 is 3.07 bits per heavy atom. The molecule has 1 aliphatic rings. The third-order valence-corrected chi connectivity index (χ3v) is 2.69. The SMILES string of the molecule is C#CC(CCC)NCC1CCCOC1. The molecular weight excluding hydrogens is 174 g/mol. The molecule has 2 unspecified atom stereocenters. The summed E-state index contributed by atoms with van der Waals surface area (Å²) < 4.78 is 5.42. The highest BCUT2D eigenvalue weighted by Gasteiger charge is 2.14. The van der Waals surface area contributed by atoms with Crippen LogP contribution in [0, 0.1) is 18.3 Å². The first kappa shape index (κ1) is 11.6. The molecular formula is C12H21NO. The lowest BCUT2D eigenvalue weighted by atomic mass is 10.0. The van der Waals surface area contributed by atoms with E-state index in [1.165, 1.54) is 12.8 Å². The average Bonchev–Trinajstić information content (AvgIpc) is 2.25. The molecule has 1 N–H and O–H groups in total. The minimum Gasteiger partial charge on any atom is -0.381 e. The summed E-state index contributed by atoms with van der Waals surface area (Å²) in [6, 6.07) is 0.252.